The quantitative estimate of drug-likeness (QED) is 0.831. The van der Waals surface area contributed by atoms with E-state index in [9.17, 15) is 9.90 Å². The molecular weight excluding hydrogens is 228 g/mol. The molecule has 4 heteroatoms. The monoisotopic (exact) mass is 246 g/mol. The first-order valence-electron chi connectivity index (χ1n) is 5.95. The van der Waals surface area contributed by atoms with Crippen molar-refractivity contribution < 1.29 is 9.90 Å². The molecule has 96 valence electrons. The van der Waals surface area contributed by atoms with Crippen LogP contribution in [0.1, 0.15) is 31.9 Å². The maximum atomic E-state index is 12.0. The lowest BCUT2D eigenvalue weighted by molar-refractivity contribution is -0.128. The molecule has 0 saturated carbocycles. The van der Waals surface area contributed by atoms with E-state index in [-0.39, 0.29) is 12.5 Å². The second kappa shape index (κ2) is 6.18. The molecule has 0 aliphatic carbocycles. The van der Waals surface area contributed by atoms with Crippen molar-refractivity contribution in [1.82, 2.24) is 5.32 Å². The summed E-state index contributed by atoms with van der Waals surface area (Å²) in [6.07, 6.45) is 0.433. The van der Waals surface area contributed by atoms with E-state index in [1.807, 2.05) is 36.4 Å². The zero-order chi connectivity index (χ0) is 13.6. The zero-order valence-corrected chi connectivity index (χ0v) is 10.7. The van der Waals surface area contributed by atoms with Crippen LogP contribution in [-0.4, -0.2) is 17.6 Å². The average molecular weight is 246 g/mol. The number of aliphatic hydroxyl groups is 1. The second-order valence-electron chi connectivity index (χ2n) is 4.42. The Bertz CT molecular complexity index is 439. The normalized spacial score (nSPS) is 15.2. The molecule has 0 bridgehead atoms. The number of hydrogen-bond acceptors (Lipinski definition) is 3. The Morgan fingerprint density at radius 1 is 1.50 bits per heavy atom. The van der Waals surface area contributed by atoms with Crippen LogP contribution in [0.25, 0.3) is 0 Å². The van der Waals surface area contributed by atoms with E-state index in [1.54, 1.807) is 13.8 Å². The van der Waals surface area contributed by atoms with E-state index in [1.165, 1.54) is 0 Å². The summed E-state index contributed by atoms with van der Waals surface area (Å²) in [5.74, 6) is -0.351. The molecule has 2 N–H and O–H groups in total. The Labute approximate surface area is 107 Å². The van der Waals surface area contributed by atoms with Crippen LogP contribution in [0.4, 0.5) is 0 Å². The molecule has 0 spiro atoms. The van der Waals surface area contributed by atoms with Gasteiger partial charge in [0.15, 0.2) is 0 Å². The van der Waals surface area contributed by atoms with Gasteiger partial charge in [-0.2, -0.15) is 5.26 Å². The number of nitrogens with zero attached hydrogens (tertiary/aromatic N) is 1. The molecule has 0 saturated heterocycles. The standard InChI is InChI=1S/C14H18N2O2/c1-3-14(2,10-15)13(18)16-12(9-17)11-7-5-4-6-8-11/h4-8,12,17H,3,9H2,1-2H3,(H,16,18)/t12-,14?/m0/s1. The first-order valence-corrected chi connectivity index (χ1v) is 5.95. The number of nitriles is 1. The number of benzene rings is 1. The van der Waals surface area contributed by atoms with Gasteiger partial charge in [-0.05, 0) is 18.9 Å². The first-order chi connectivity index (χ1) is 8.57. The second-order valence-corrected chi connectivity index (χ2v) is 4.42. The summed E-state index contributed by atoms with van der Waals surface area (Å²) in [5.41, 5.74) is -0.230. The van der Waals surface area contributed by atoms with Gasteiger partial charge in [-0.25, -0.2) is 0 Å². The fourth-order valence-corrected chi connectivity index (χ4v) is 1.53. The van der Waals surface area contributed by atoms with Gasteiger partial charge in [-0.1, -0.05) is 37.3 Å². The summed E-state index contributed by atoms with van der Waals surface area (Å²) in [4.78, 5) is 12.0. The van der Waals surface area contributed by atoms with Crippen molar-refractivity contribution in [3.63, 3.8) is 0 Å². The highest BCUT2D eigenvalue weighted by Gasteiger charge is 2.32. The Morgan fingerprint density at radius 2 is 2.11 bits per heavy atom. The van der Waals surface area contributed by atoms with Crippen LogP contribution in [0.5, 0.6) is 0 Å². The highest BCUT2D eigenvalue weighted by molar-refractivity contribution is 5.85. The molecule has 0 fully saturated rings. The van der Waals surface area contributed by atoms with Crippen LogP contribution in [0.15, 0.2) is 30.3 Å². The topological polar surface area (TPSA) is 73.1 Å². The Balaban J connectivity index is 2.83. The predicted octanol–water partition coefficient (Wildman–Crippen LogP) is 1.78. The van der Waals surface area contributed by atoms with Crippen molar-refractivity contribution in [3.8, 4) is 6.07 Å². The minimum Gasteiger partial charge on any atom is -0.394 e. The van der Waals surface area contributed by atoms with Crippen molar-refractivity contribution >= 4 is 5.91 Å². The van der Waals surface area contributed by atoms with Gasteiger partial charge < -0.3 is 10.4 Å². The fraction of sp³-hybridized carbons (Fsp3) is 0.429. The molecule has 1 unspecified atom stereocenters. The van der Waals surface area contributed by atoms with Crippen LogP contribution in [0.2, 0.25) is 0 Å². The van der Waals surface area contributed by atoms with Gasteiger partial charge in [-0.15, -0.1) is 0 Å². The zero-order valence-electron chi connectivity index (χ0n) is 10.7. The minimum absolute atomic E-state index is 0.193. The number of nitrogens with one attached hydrogen (secondary N) is 1. The third kappa shape index (κ3) is 3.08. The summed E-state index contributed by atoms with van der Waals surface area (Å²) >= 11 is 0. The van der Waals surface area contributed by atoms with Crippen molar-refractivity contribution in [1.29, 1.82) is 5.26 Å². The number of rotatable bonds is 5. The largest absolute Gasteiger partial charge is 0.394 e. The maximum Gasteiger partial charge on any atom is 0.240 e. The van der Waals surface area contributed by atoms with Crippen molar-refractivity contribution in [2.75, 3.05) is 6.61 Å². The molecule has 4 nitrogen and oxygen atoms in total. The number of amides is 1. The van der Waals surface area contributed by atoms with E-state index in [2.05, 4.69) is 5.32 Å². The molecule has 18 heavy (non-hydrogen) atoms. The molecule has 0 radical (unpaired) electrons. The summed E-state index contributed by atoms with van der Waals surface area (Å²) in [5, 5.41) is 21.1. The molecular formula is C14H18N2O2. The van der Waals surface area contributed by atoms with E-state index in [0.717, 1.165) is 5.56 Å². The lowest BCUT2D eigenvalue weighted by Crippen LogP contribution is -2.40. The average Bonchev–Trinajstić information content (AvgIpc) is 2.44. The van der Waals surface area contributed by atoms with Crippen molar-refractivity contribution in [2.24, 2.45) is 5.41 Å². The van der Waals surface area contributed by atoms with Gasteiger partial charge >= 0.3 is 0 Å². The van der Waals surface area contributed by atoms with Crippen LogP contribution in [-0.2, 0) is 4.79 Å². The van der Waals surface area contributed by atoms with Crippen LogP contribution >= 0.6 is 0 Å². The number of hydrogen-bond donors (Lipinski definition) is 2. The fourth-order valence-electron chi connectivity index (χ4n) is 1.53. The maximum absolute atomic E-state index is 12.0. The van der Waals surface area contributed by atoms with Gasteiger partial charge in [0.05, 0.1) is 18.7 Å². The minimum atomic E-state index is -1.05. The van der Waals surface area contributed by atoms with Gasteiger partial charge in [-0.3, -0.25) is 4.79 Å². The third-order valence-electron chi connectivity index (χ3n) is 3.14. The number of carbonyl (C=O) groups is 1. The Morgan fingerprint density at radius 3 is 2.56 bits per heavy atom. The summed E-state index contributed by atoms with van der Waals surface area (Å²) in [7, 11) is 0. The van der Waals surface area contributed by atoms with Crippen molar-refractivity contribution in [3.05, 3.63) is 35.9 Å². The molecule has 2 atom stereocenters. The van der Waals surface area contributed by atoms with Gasteiger partial charge in [0.1, 0.15) is 5.41 Å². The molecule has 0 aliphatic rings. The molecule has 0 aliphatic heterocycles. The molecule has 0 aromatic heterocycles. The molecule has 1 aromatic rings. The lowest BCUT2D eigenvalue weighted by Gasteiger charge is -2.23. The number of aliphatic hydroxyl groups excluding tert-OH is 1. The highest BCUT2D eigenvalue weighted by atomic mass is 16.3. The van der Waals surface area contributed by atoms with E-state index < -0.39 is 11.5 Å². The third-order valence-corrected chi connectivity index (χ3v) is 3.14. The van der Waals surface area contributed by atoms with Crippen LogP contribution < -0.4 is 5.32 Å². The molecule has 1 amide bonds. The molecule has 1 rings (SSSR count). The molecule has 1 aromatic carbocycles. The summed E-state index contributed by atoms with van der Waals surface area (Å²) in [6.45, 7) is 3.20. The predicted molar refractivity (Wildman–Crippen MR) is 68.4 cm³/mol. The Hall–Kier alpha value is -1.86. The lowest BCUT2D eigenvalue weighted by atomic mass is 9.88. The first kappa shape index (κ1) is 14.2. The SMILES string of the molecule is CCC(C)(C#N)C(=O)N[C@@H](CO)c1ccccc1. The van der Waals surface area contributed by atoms with Crippen molar-refractivity contribution in [2.45, 2.75) is 26.3 Å². The van der Waals surface area contributed by atoms with E-state index in [0.29, 0.717) is 6.42 Å². The van der Waals surface area contributed by atoms with Crippen LogP contribution in [0, 0.1) is 16.7 Å². The van der Waals surface area contributed by atoms with Gasteiger partial charge in [0.2, 0.25) is 5.91 Å². The highest BCUT2D eigenvalue weighted by Crippen LogP contribution is 2.22. The summed E-state index contributed by atoms with van der Waals surface area (Å²) < 4.78 is 0. The van der Waals surface area contributed by atoms with Crippen LogP contribution in [0.3, 0.4) is 0 Å². The molecule has 0 heterocycles. The summed E-state index contributed by atoms with van der Waals surface area (Å²) in [6, 6.07) is 10.7. The van der Waals surface area contributed by atoms with Gasteiger partial charge in [0.25, 0.3) is 0 Å². The smallest absolute Gasteiger partial charge is 0.240 e. The Kier molecular flexibility index (Phi) is 4.87. The van der Waals surface area contributed by atoms with E-state index >= 15 is 0 Å². The van der Waals surface area contributed by atoms with Gasteiger partial charge in [0, 0.05) is 0 Å². The van der Waals surface area contributed by atoms with E-state index in [4.69, 9.17) is 5.26 Å². The number of carbonyl (C=O) groups excluding carboxylic acids is 1.